The lowest BCUT2D eigenvalue weighted by molar-refractivity contribution is 0.139. The van der Waals surface area contributed by atoms with Gasteiger partial charge >= 0.3 is 0 Å². The van der Waals surface area contributed by atoms with Gasteiger partial charge in [-0.25, -0.2) is 0 Å². The zero-order chi connectivity index (χ0) is 18.5. The lowest BCUT2D eigenvalue weighted by Crippen LogP contribution is -2.49. The number of hydrogen-bond acceptors (Lipinski definition) is 4. The van der Waals surface area contributed by atoms with Gasteiger partial charge < -0.3 is 20.3 Å². The van der Waals surface area contributed by atoms with Crippen LogP contribution in [0.15, 0.2) is 35.3 Å². The van der Waals surface area contributed by atoms with Crippen molar-refractivity contribution in [1.29, 1.82) is 0 Å². The van der Waals surface area contributed by atoms with Gasteiger partial charge in [0.05, 0.1) is 6.61 Å². The van der Waals surface area contributed by atoms with Gasteiger partial charge in [-0.3, -0.25) is 9.89 Å². The highest BCUT2D eigenvalue weighted by Gasteiger charge is 2.14. The zero-order valence-corrected chi connectivity index (χ0v) is 16.4. The third-order valence-electron chi connectivity index (χ3n) is 4.56. The molecule has 0 amide bonds. The number of guanidine groups is 1. The molecule has 6 heteroatoms. The van der Waals surface area contributed by atoms with Gasteiger partial charge in [0, 0.05) is 58.8 Å². The van der Waals surface area contributed by atoms with Gasteiger partial charge in [0.1, 0.15) is 5.75 Å². The second-order valence-electron chi connectivity index (χ2n) is 6.48. The number of likely N-dealkylation sites (N-methyl/N-ethyl adjacent to an activating group) is 1. The number of piperazine rings is 1. The van der Waals surface area contributed by atoms with Crippen LogP contribution in [0.1, 0.15) is 20.3 Å². The van der Waals surface area contributed by atoms with Crippen LogP contribution < -0.4 is 15.4 Å². The summed E-state index contributed by atoms with van der Waals surface area (Å²) in [6, 6.07) is 9.94. The lowest BCUT2D eigenvalue weighted by Gasteiger charge is -2.34. The molecule has 0 saturated carbocycles. The molecule has 2 rings (SSSR count). The van der Waals surface area contributed by atoms with E-state index in [0.717, 1.165) is 50.9 Å². The van der Waals surface area contributed by atoms with Crippen LogP contribution in [0.3, 0.4) is 0 Å². The van der Waals surface area contributed by atoms with E-state index in [1.807, 2.05) is 30.3 Å². The fourth-order valence-corrected chi connectivity index (χ4v) is 2.97. The van der Waals surface area contributed by atoms with E-state index in [-0.39, 0.29) is 0 Å². The van der Waals surface area contributed by atoms with E-state index in [9.17, 15) is 0 Å². The number of nitrogens with zero attached hydrogens (tertiary/aromatic N) is 3. The third-order valence-corrected chi connectivity index (χ3v) is 4.56. The molecule has 1 aromatic carbocycles. The van der Waals surface area contributed by atoms with Gasteiger partial charge in [0.15, 0.2) is 5.96 Å². The number of nitrogens with one attached hydrogen (secondary N) is 2. The Morgan fingerprint density at radius 3 is 2.46 bits per heavy atom. The first-order valence-electron chi connectivity index (χ1n) is 9.96. The molecule has 0 radical (unpaired) electrons. The van der Waals surface area contributed by atoms with Crippen molar-refractivity contribution in [2.24, 2.45) is 4.99 Å². The minimum absolute atomic E-state index is 0.689. The fourth-order valence-electron chi connectivity index (χ4n) is 2.97. The van der Waals surface area contributed by atoms with Crippen LogP contribution in [-0.4, -0.2) is 81.3 Å². The summed E-state index contributed by atoms with van der Waals surface area (Å²) in [6.07, 6.45) is 0.907. The van der Waals surface area contributed by atoms with E-state index in [1.165, 1.54) is 26.2 Å². The normalized spacial score (nSPS) is 16.5. The lowest BCUT2D eigenvalue weighted by atomic mass is 10.3. The maximum Gasteiger partial charge on any atom is 0.191 e. The van der Waals surface area contributed by atoms with Gasteiger partial charge in [-0.15, -0.1) is 0 Å². The number of rotatable bonds is 10. The number of hydrogen-bond donors (Lipinski definition) is 2. The minimum Gasteiger partial charge on any atom is -0.494 e. The van der Waals surface area contributed by atoms with Gasteiger partial charge in [-0.2, -0.15) is 0 Å². The van der Waals surface area contributed by atoms with Crippen molar-refractivity contribution in [3.63, 3.8) is 0 Å². The van der Waals surface area contributed by atoms with Crippen LogP contribution in [0, 0.1) is 0 Å². The molecule has 1 aromatic rings. The number of aliphatic imine (C=N–C) groups is 1. The number of ether oxygens (including phenoxy) is 1. The molecule has 6 nitrogen and oxygen atoms in total. The second-order valence-corrected chi connectivity index (χ2v) is 6.48. The molecule has 0 unspecified atom stereocenters. The second kappa shape index (κ2) is 12.5. The van der Waals surface area contributed by atoms with Crippen molar-refractivity contribution >= 4 is 5.96 Å². The van der Waals surface area contributed by atoms with E-state index in [0.29, 0.717) is 6.61 Å². The monoisotopic (exact) mass is 361 g/mol. The molecule has 1 aliphatic heterocycles. The van der Waals surface area contributed by atoms with Crippen molar-refractivity contribution in [2.45, 2.75) is 20.3 Å². The predicted octanol–water partition coefficient (Wildman–Crippen LogP) is 1.65. The quantitative estimate of drug-likeness (QED) is 0.377. The molecule has 1 heterocycles. The predicted molar refractivity (Wildman–Crippen MR) is 109 cm³/mol. The van der Waals surface area contributed by atoms with E-state index in [4.69, 9.17) is 4.74 Å². The Kier molecular flexibility index (Phi) is 9.90. The van der Waals surface area contributed by atoms with Crippen molar-refractivity contribution in [3.05, 3.63) is 30.3 Å². The molecule has 26 heavy (non-hydrogen) atoms. The molecule has 2 N–H and O–H groups in total. The van der Waals surface area contributed by atoms with Gasteiger partial charge in [0.2, 0.25) is 0 Å². The third kappa shape index (κ3) is 8.06. The molecule has 146 valence electrons. The van der Waals surface area contributed by atoms with Crippen molar-refractivity contribution in [2.75, 3.05) is 65.5 Å². The smallest absolute Gasteiger partial charge is 0.191 e. The summed E-state index contributed by atoms with van der Waals surface area (Å²) in [4.78, 5) is 9.67. The van der Waals surface area contributed by atoms with Crippen LogP contribution in [0.25, 0.3) is 0 Å². The molecular weight excluding hydrogens is 326 g/mol. The highest BCUT2D eigenvalue weighted by atomic mass is 16.5. The number of para-hydroxylation sites is 1. The van der Waals surface area contributed by atoms with E-state index >= 15 is 0 Å². The molecule has 0 aliphatic carbocycles. The van der Waals surface area contributed by atoms with Crippen LogP contribution in [-0.2, 0) is 0 Å². The molecule has 1 aliphatic rings. The maximum absolute atomic E-state index is 5.71. The largest absolute Gasteiger partial charge is 0.494 e. The van der Waals surface area contributed by atoms with E-state index < -0.39 is 0 Å². The Balaban J connectivity index is 1.60. The first kappa shape index (κ1) is 20.5. The summed E-state index contributed by atoms with van der Waals surface area (Å²) in [7, 11) is 0. The highest BCUT2D eigenvalue weighted by Crippen LogP contribution is 2.08. The van der Waals surface area contributed by atoms with Crippen molar-refractivity contribution in [1.82, 2.24) is 20.4 Å². The Morgan fingerprint density at radius 2 is 1.77 bits per heavy atom. The average Bonchev–Trinajstić information content (AvgIpc) is 2.69. The molecule has 1 saturated heterocycles. The molecule has 1 fully saturated rings. The van der Waals surface area contributed by atoms with E-state index in [1.54, 1.807) is 0 Å². The van der Waals surface area contributed by atoms with Gasteiger partial charge in [0.25, 0.3) is 0 Å². The van der Waals surface area contributed by atoms with Crippen LogP contribution in [0.4, 0.5) is 0 Å². The molecular formula is C20H35N5O. The standard InChI is InChI=1S/C20H35N5O/c1-3-21-20(22-11-8-18-26-19-9-6-5-7-10-19)23-12-13-25-16-14-24(4-2)15-17-25/h5-7,9-10H,3-4,8,11-18H2,1-2H3,(H2,21,22,23). The fraction of sp³-hybridized carbons (Fsp3) is 0.650. The Morgan fingerprint density at radius 1 is 1.04 bits per heavy atom. The van der Waals surface area contributed by atoms with Crippen molar-refractivity contribution in [3.8, 4) is 5.75 Å². The molecule has 0 aromatic heterocycles. The Hall–Kier alpha value is -1.79. The first-order chi connectivity index (χ1) is 12.8. The van der Waals surface area contributed by atoms with Crippen LogP contribution >= 0.6 is 0 Å². The van der Waals surface area contributed by atoms with E-state index in [2.05, 4.69) is 39.3 Å². The highest BCUT2D eigenvalue weighted by molar-refractivity contribution is 5.79. The SMILES string of the molecule is CCNC(=NCCCOc1ccccc1)NCCN1CCN(CC)CC1. The minimum atomic E-state index is 0.689. The summed E-state index contributed by atoms with van der Waals surface area (Å²) in [6.45, 7) is 14.5. The Labute approximate surface area is 158 Å². The Bertz CT molecular complexity index is 500. The van der Waals surface area contributed by atoms with Crippen molar-refractivity contribution < 1.29 is 4.74 Å². The summed E-state index contributed by atoms with van der Waals surface area (Å²) in [5.74, 6) is 1.82. The van der Waals surface area contributed by atoms with Crippen LogP contribution in [0.2, 0.25) is 0 Å². The first-order valence-corrected chi connectivity index (χ1v) is 9.96. The molecule has 0 spiro atoms. The van der Waals surface area contributed by atoms with Crippen LogP contribution in [0.5, 0.6) is 5.75 Å². The molecule has 0 atom stereocenters. The van der Waals surface area contributed by atoms with Gasteiger partial charge in [-0.1, -0.05) is 25.1 Å². The molecule has 0 bridgehead atoms. The van der Waals surface area contributed by atoms with Gasteiger partial charge in [-0.05, 0) is 25.6 Å². The average molecular weight is 362 g/mol. The zero-order valence-electron chi connectivity index (χ0n) is 16.4. The number of benzene rings is 1. The summed E-state index contributed by atoms with van der Waals surface area (Å²) in [5.41, 5.74) is 0. The summed E-state index contributed by atoms with van der Waals surface area (Å²) < 4.78 is 5.71. The summed E-state index contributed by atoms with van der Waals surface area (Å²) >= 11 is 0. The summed E-state index contributed by atoms with van der Waals surface area (Å²) in [5, 5.41) is 6.76. The maximum atomic E-state index is 5.71. The topological polar surface area (TPSA) is 52.1 Å².